The largest absolute Gasteiger partial charge is 0.240 e. The maximum absolute atomic E-state index is 11.4. The van der Waals surface area contributed by atoms with Gasteiger partial charge in [0.25, 0.3) is 0 Å². The van der Waals surface area contributed by atoms with Crippen LogP contribution in [0, 0.1) is 6.92 Å². The average Bonchev–Trinajstić information content (AvgIpc) is 2.03. The Morgan fingerprint density at radius 3 is 2.46 bits per heavy atom. The van der Waals surface area contributed by atoms with Crippen LogP contribution >= 0.6 is 11.6 Å². The quantitative estimate of drug-likeness (QED) is 0.821. The van der Waals surface area contributed by atoms with E-state index in [0.717, 1.165) is 0 Å². The van der Waals surface area contributed by atoms with E-state index in [0.29, 0.717) is 10.6 Å². The molecule has 1 N–H and O–H groups in total. The number of aryl methyl sites for hydroxylation is 1. The lowest BCUT2D eigenvalue weighted by Crippen LogP contribution is -2.19. The molecule has 0 heterocycles. The second-order valence-corrected chi connectivity index (χ2v) is 4.91. The highest BCUT2D eigenvalue weighted by Crippen LogP contribution is 2.18. The summed E-state index contributed by atoms with van der Waals surface area (Å²) in [5.74, 6) is 0. The normalized spacial score (nSPS) is 11.6. The molecule has 0 fully saturated rings. The van der Waals surface area contributed by atoms with Crippen LogP contribution in [0.3, 0.4) is 0 Å². The Morgan fingerprint density at radius 2 is 2.00 bits per heavy atom. The predicted octanol–water partition coefficient (Wildman–Crippen LogP) is 1.56. The van der Waals surface area contributed by atoms with Crippen LogP contribution in [0.15, 0.2) is 23.1 Å². The van der Waals surface area contributed by atoms with E-state index in [2.05, 4.69) is 4.72 Å². The fourth-order valence-electron chi connectivity index (χ4n) is 1.02. The summed E-state index contributed by atoms with van der Waals surface area (Å²) < 4.78 is 25.0. The molecule has 0 saturated heterocycles. The topological polar surface area (TPSA) is 46.2 Å². The van der Waals surface area contributed by atoms with Gasteiger partial charge in [-0.2, -0.15) is 0 Å². The molecule has 0 radical (unpaired) electrons. The van der Waals surface area contributed by atoms with Gasteiger partial charge < -0.3 is 0 Å². The zero-order valence-electron chi connectivity index (χ0n) is 7.33. The summed E-state index contributed by atoms with van der Waals surface area (Å²) in [5.41, 5.74) is 0.641. The number of nitrogens with one attached hydrogen (secondary N) is 1. The van der Waals surface area contributed by atoms with Crippen LogP contribution in [0.25, 0.3) is 0 Å². The highest BCUT2D eigenvalue weighted by atomic mass is 35.5. The predicted molar refractivity (Wildman–Crippen MR) is 52.4 cm³/mol. The summed E-state index contributed by atoms with van der Waals surface area (Å²) in [6.07, 6.45) is 0. The number of rotatable bonds is 2. The van der Waals surface area contributed by atoms with Crippen molar-refractivity contribution in [2.75, 3.05) is 7.05 Å². The van der Waals surface area contributed by atoms with Crippen LogP contribution in [0.5, 0.6) is 0 Å². The van der Waals surface area contributed by atoms with E-state index in [1.54, 1.807) is 19.1 Å². The zero-order chi connectivity index (χ0) is 10.1. The molecule has 0 atom stereocenters. The van der Waals surface area contributed by atoms with Crippen LogP contribution in [-0.4, -0.2) is 15.5 Å². The van der Waals surface area contributed by atoms with Crippen molar-refractivity contribution >= 4 is 21.6 Å². The molecule has 1 aromatic rings. The Kier molecular flexibility index (Phi) is 2.95. The fraction of sp³-hybridized carbons (Fsp3) is 0.250. The Labute approximate surface area is 82.8 Å². The lowest BCUT2D eigenvalue weighted by atomic mass is 10.2. The summed E-state index contributed by atoms with van der Waals surface area (Å²) >= 11 is 5.69. The Morgan fingerprint density at radius 1 is 1.38 bits per heavy atom. The molecule has 0 aliphatic carbocycles. The molecule has 3 nitrogen and oxygen atoms in total. The number of hydrogen-bond acceptors (Lipinski definition) is 2. The first-order chi connectivity index (χ1) is 5.97. The molecule has 0 unspecified atom stereocenters. The van der Waals surface area contributed by atoms with Crippen molar-refractivity contribution in [3.8, 4) is 0 Å². The second kappa shape index (κ2) is 3.65. The molecule has 0 bridgehead atoms. The third-order valence-electron chi connectivity index (χ3n) is 1.70. The molecule has 1 aromatic carbocycles. The van der Waals surface area contributed by atoms with Crippen LogP contribution in [0.4, 0.5) is 0 Å². The summed E-state index contributed by atoms with van der Waals surface area (Å²) in [4.78, 5) is 0.263. The Balaban J connectivity index is 3.33. The van der Waals surface area contributed by atoms with Crippen LogP contribution < -0.4 is 4.72 Å². The fourth-order valence-corrected chi connectivity index (χ4v) is 2.20. The van der Waals surface area contributed by atoms with E-state index in [1.807, 2.05) is 0 Å². The van der Waals surface area contributed by atoms with Crippen LogP contribution in [-0.2, 0) is 10.0 Å². The van der Waals surface area contributed by atoms with Crippen molar-refractivity contribution in [1.29, 1.82) is 0 Å². The molecule has 13 heavy (non-hydrogen) atoms. The molecule has 72 valence electrons. The third-order valence-corrected chi connectivity index (χ3v) is 3.50. The monoisotopic (exact) mass is 219 g/mol. The van der Waals surface area contributed by atoms with Gasteiger partial charge in [-0.3, -0.25) is 0 Å². The summed E-state index contributed by atoms with van der Waals surface area (Å²) in [6.45, 7) is 1.70. The van der Waals surface area contributed by atoms with E-state index in [1.165, 1.54) is 13.1 Å². The van der Waals surface area contributed by atoms with Crippen molar-refractivity contribution in [2.45, 2.75) is 11.8 Å². The van der Waals surface area contributed by atoms with E-state index in [4.69, 9.17) is 11.6 Å². The first-order valence-electron chi connectivity index (χ1n) is 3.67. The highest BCUT2D eigenvalue weighted by molar-refractivity contribution is 7.89. The van der Waals surface area contributed by atoms with Gasteiger partial charge in [0.15, 0.2) is 0 Å². The average molecular weight is 220 g/mol. The smallest absolute Gasteiger partial charge is 0.214 e. The van der Waals surface area contributed by atoms with E-state index in [9.17, 15) is 8.42 Å². The van der Waals surface area contributed by atoms with E-state index < -0.39 is 10.0 Å². The van der Waals surface area contributed by atoms with Gasteiger partial charge in [-0.25, -0.2) is 13.1 Å². The molecular formula is C8H10ClNO2S. The van der Waals surface area contributed by atoms with Gasteiger partial charge in [-0.05, 0) is 37.7 Å². The molecular weight excluding hydrogens is 210 g/mol. The standard InChI is InChI=1S/C8H10ClNO2S/c1-6-5-7(9)3-4-8(6)13(11,12)10-2/h3-5,10H,1-2H3. The zero-order valence-corrected chi connectivity index (χ0v) is 8.91. The molecule has 0 aromatic heterocycles. The second-order valence-electron chi connectivity index (χ2n) is 2.62. The molecule has 0 saturated carbocycles. The van der Waals surface area contributed by atoms with Crippen molar-refractivity contribution in [1.82, 2.24) is 4.72 Å². The van der Waals surface area contributed by atoms with Gasteiger partial charge in [0, 0.05) is 5.02 Å². The summed E-state index contributed by atoms with van der Waals surface area (Å²) in [7, 11) is -1.98. The lowest BCUT2D eigenvalue weighted by Gasteiger charge is -2.05. The Hall–Kier alpha value is -0.580. The molecule has 0 amide bonds. The summed E-state index contributed by atoms with van der Waals surface area (Å²) in [6, 6.07) is 4.66. The third kappa shape index (κ3) is 2.21. The first-order valence-corrected chi connectivity index (χ1v) is 5.53. The van der Waals surface area contributed by atoms with Crippen molar-refractivity contribution in [3.05, 3.63) is 28.8 Å². The van der Waals surface area contributed by atoms with Gasteiger partial charge in [-0.1, -0.05) is 11.6 Å². The van der Waals surface area contributed by atoms with Gasteiger partial charge in [-0.15, -0.1) is 0 Å². The van der Waals surface area contributed by atoms with E-state index in [-0.39, 0.29) is 4.90 Å². The molecule has 1 rings (SSSR count). The minimum atomic E-state index is -3.35. The maximum atomic E-state index is 11.4. The van der Waals surface area contributed by atoms with Crippen LogP contribution in [0.1, 0.15) is 5.56 Å². The number of halogens is 1. The Bertz CT molecular complexity index is 414. The molecule has 0 spiro atoms. The first kappa shape index (κ1) is 10.5. The van der Waals surface area contributed by atoms with Gasteiger partial charge >= 0.3 is 0 Å². The molecule has 0 aliphatic rings. The van der Waals surface area contributed by atoms with Gasteiger partial charge in [0.1, 0.15) is 0 Å². The van der Waals surface area contributed by atoms with E-state index >= 15 is 0 Å². The minimum Gasteiger partial charge on any atom is -0.214 e. The van der Waals surface area contributed by atoms with Gasteiger partial charge in [0.05, 0.1) is 4.90 Å². The maximum Gasteiger partial charge on any atom is 0.240 e. The minimum absolute atomic E-state index is 0.263. The highest BCUT2D eigenvalue weighted by Gasteiger charge is 2.13. The number of hydrogen-bond donors (Lipinski definition) is 1. The van der Waals surface area contributed by atoms with Crippen molar-refractivity contribution in [2.24, 2.45) is 0 Å². The van der Waals surface area contributed by atoms with Crippen molar-refractivity contribution < 1.29 is 8.42 Å². The number of benzene rings is 1. The number of sulfonamides is 1. The van der Waals surface area contributed by atoms with Gasteiger partial charge in [0.2, 0.25) is 10.0 Å². The molecule has 0 aliphatic heterocycles. The SMILES string of the molecule is CNS(=O)(=O)c1ccc(Cl)cc1C. The summed E-state index contributed by atoms with van der Waals surface area (Å²) in [5, 5.41) is 0.535. The molecule has 5 heteroatoms. The van der Waals surface area contributed by atoms with Crippen molar-refractivity contribution in [3.63, 3.8) is 0 Å². The lowest BCUT2D eigenvalue weighted by molar-refractivity contribution is 0.587. The van der Waals surface area contributed by atoms with Crippen LogP contribution in [0.2, 0.25) is 5.02 Å².